The fraction of sp³-hybridized carbons (Fsp3) is 0.269. The van der Waals surface area contributed by atoms with Crippen LogP contribution in [-0.4, -0.2) is 11.0 Å². The molecule has 0 saturated carbocycles. The van der Waals surface area contributed by atoms with E-state index in [4.69, 9.17) is 0 Å². The molecule has 2 heteroatoms. The highest BCUT2D eigenvalue weighted by Crippen LogP contribution is 2.50. The van der Waals surface area contributed by atoms with Crippen molar-refractivity contribution in [3.8, 4) is 0 Å². The van der Waals surface area contributed by atoms with E-state index in [0.29, 0.717) is 6.04 Å². The molecule has 140 valence electrons. The molecule has 1 aromatic heterocycles. The molecule has 1 N–H and O–H groups in total. The van der Waals surface area contributed by atoms with Crippen LogP contribution in [0.3, 0.4) is 0 Å². The topological polar surface area (TPSA) is 24.9 Å². The summed E-state index contributed by atoms with van der Waals surface area (Å²) in [6.07, 6.45) is 18.5. The normalized spacial score (nSPS) is 21.9. The molecule has 2 aromatic rings. The van der Waals surface area contributed by atoms with Crippen molar-refractivity contribution < 1.29 is 0 Å². The van der Waals surface area contributed by atoms with E-state index >= 15 is 0 Å². The van der Waals surface area contributed by atoms with Gasteiger partial charge < -0.3 is 5.32 Å². The van der Waals surface area contributed by atoms with E-state index in [-0.39, 0.29) is 5.41 Å². The van der Waals surface area contributed by atoms with E-state index < -0.39 is 0 Å². The van der Waals surface area contributed by atoms with Crippen LogP contribution in [0.1, 0.15) is 49.8 Å². The van der Waals surface area contributed by atoms with Crippen molar-refractivity contribution >= 4 is 16.8 Å². The van der Waals surface area contributed by atoms with Gasteiger partial charge in [0.1, 0.15) is 0 Å². The monoisotopic (exact) mass is 366 g/mol. The van der Waals surface area contributed by atoms with Crippen molar-refractivity contribution in [1.29, 1.82) is 0 Å². The van der Waals surface area contributed by atoms with Crippen molar-refractivity contribution in [3.05, 3.63) is 95.4 Å². The minimum Gasteiger partial charge on any atom is -0.379 e. The lowest BCUT2D eigenvalue weighted by atomic mass is 9.80. The fourth-order valence-corrected chi connectivity index (χ4v) is 4.78. The lowest BCUT2D eigenvalue weighted by Gasteiger charge is -2.25. The van der Waals surface area contributed by atoms with Gasteiger partial charge in [-0.25, -0.2) is 0 Å². The van der Waals surface area contributed by atoms with Gasteiger partial charge in [-0.05, 0) is 70.9 Å². The molecule has 0 spiro atoms. The molecule has 1 heterocycles. The summed E-state index contributed by atoms with van der Waals surface area (Å²) in [5, 5.41) is 3.72. The average molecular weight is 367 g/mol. The quantitative estimate of drug-likeness (QED) is 0.689. The Labute approximate surface area is 167 Å². The number of anilines is 1. The summed E-state index contributed by atoms with van der Waals surface area (Å²) >= 11 is 0. The molecule has 0 fully saturated rings. The Morgan fingerprint density at radius 3 is 2.86 bits per heavy atom. The second-order valence-corrected chi connectivity index (χ2v) is 8.47. The first kappa shape index (κ1) is 17.2. The summed E-state index contributed by atoms with van der Waals surface area (Å²) in [7, 11) is 0. The molecule has 5 rings (SSSR count). The number of nitrogens with zero attached hydrogens (tertiary/aromatic N) is 1. The predicted octanol–water partition coefficient (Wildman–Crippen LogP) is 6.30. The van der Waals surface area contributed by atoms with Crippen LogP contribution in [0.4, 0.5) is 5.69 Å². The molecule has 1 unspecified atom stereocenters. The molecular formula is C26H26N2. The molecule has 0 amide bonds. The lowest BCUT2D eigenvalue weighted by Crippen LogP contribution is -2.20. The molecule has 0 radical (unpaired) electrons. The second-order valence-electron chi connectivity index (χ2n) is 8.47. The first-order valence-corrected chi connectivity index (χ1v) is 10.2. The number of aromatic nitrogens is 1. The zero-order valence-electron chi connectivity index (χ0n) is 16.6. The molecule has 0 bridgehead atoms. The Morgan fingerprint density at radius 1 is 1.14 bits per heavy atom. The van der Waals surface area contributed by atoms with Gasteiger partial charge in [-0.3, -0.25) is 4.98 Å². The number of hydrogen-bond donors (Lipinski definition) is 1. The minimum absolute atomic E-state index is 0.0923. The van der Waals surface area contributed by atoms with Crippen LogP contribution in [0, 0.1) is 0 Å². The van der Waals surface area contributed by atoms with E-state index in [9.17, 15) is 0 Å². The molecule has 2 nitrogen and oxygen atoms in total. The predicted molar refractivity (Wildman–Crippen MR) is 118 cm³/mol. The number of benzene rings is 1. The maximum Gasteiger partial charge on any atom is 0.0482 e. The van der Waals surface area contributed by atoms with Crippen molar-refractivity contribution in [1.82, 2.24) is 4.98 Å². The zero-order chi connectivity index (χ0) is 19.1. The molecule has 0 saturated heterocycles. The summed E-state index contributed by atoms with van der Waals surface area (Å²) in [5.41, 5.74) is 9.71. The minimum atomic E-state index is 0.0923. The molecule has 1 atom stereocenters. The average Bonchev–Trinajstić information content (AvgIpc) is 2.97. The van der Waals surface area contributed by atoms with Gasteiger partial charge in [0.05, 0.1) is 0 Å². The Bertz CT molecular complexity index is 1040. The van der Waals surface area contributed by atoms with Crippen LogP contribution in [0.15, 0.2) is 78.7 Å². The van der Waals surface area contributed by atoms with E-state index in [0.717, 1.165) is 12.8 Å². The Balaban J connectivity index is 1.35. The van der Waals surface area contributed by atoms with Crippen molar-refractivity contribution in [2.45, 2.75) is 44.6 Å². The number of allylic oxidation sites excluding steroid dienone is 6. The smallest absolute Gasteiger partial charge is 0.0482 e. The van der Waals surface area contributed by atoms with Gasteiger partial charge in [-0.2, -0.15) is 0 Å². The second kappa shape index (κ2) is 6.63. The van der Waals surface area contributed by atoms with Crippen molar-refractivity contribution in [2.24, 2.45) is 0 Å². The summed E-state index contributed by atoms with van der Waals surface area (Å²) in [5.74, 6) is 0. The number of pyridine rings is 1. The van der Waals surface area contributed by atoms with Crippen LogP contribution >= 0.6 is 0 Å². The molecule has 1 aromatic carbocycles. The fourth-order valence-electron chi connectivity index (χ4n) is 4.78. The molecule has 28 heavy (non-hydrogen) atoms. The van der Waals surface area contributed by atoms with Crippen molar-refractivity contribution in [3.63, 3.8) is 0 Å². The third-order valence-electron chi connectivity index (χ3n) is 6.31. The number of fused-ring (bicyclic) bond motifs is 2. The van der Waals surface area contributed by atoms with E-state index in [1.54, 1.807) is 5.57 Å². The first-order valence-electron chi connectivity index (χ1n) is 10.2. The van der Waals surface area contributed by atoms with Crippen LogP contribution in [0.5, 0.6) is 0 Å². The standard InChI is InChI=1S/C26H26N2/c1-26(2)24-8-4-3-7-22(24)23-14-13-21(16-25(23)26)28-20-11-9-18(10-12-20)19-6-5-15-27-17-19/h4-6,8-11,13-17,20,28H,3,7,12H2,1-2H3. The van der Waals surface area contributed by atoms with Crippen LogP contribution < -0.4 is 5.32 Å². The summed E-state index contributed by atoms with van der Waals surface area (Å²) < 4.78 is 0. The molecule has 3 aliphatic carbocycles. The number of rotatable bonds is 3. The zero-order valence-corrected chi connectivity index (χ0v) is 16.6. The third kappa shape index (κ3) is 2.84. The van der Waals surface area contributed by atoms with Gasteiger partial charge in [-0.1, -0.05) is 56.4 Å². The lowest BCUT2D eigenvalue weighted by molar-refractivity contribution is 0.651. The van der Waals surface area contributed by atoms with Crippen molar-refractivity contribution in [2.75, 3.05) is 5.32 Å². The van der Waals surface area contributed by atoms with E-state index in [2.05, 4.69) is 78.8 Å². The van der Waals surface area contributed by atoms with Gasteiger partial charge in [0.15, 0.2) is 0 Å². The Kier molecular flexibility index (Phi) is 4.08. The Hall–Kier alpha value is -2.87. The molecular weight excluding hydrogens is 340 g/mol. The number of nitrogens with one attached hydrogen (secondary N) is 1. The molecule has 3 aliphatic rings. The highest BCUT2D eigenvalue weighted by Gasteiger charge is 2.37. The SMILES string of the molecule is CC1(C)C2=C(CCC=C2)c2ccc(NC3C=CC(c4cccnc4)=CC3)cc21. The van der Waals surface area contributed by atoms with Gasteiger partial charge in [-0.15, -0.1) is 0 Å². The van der Waals surface area contributed by atoms with Crippen LogP contribution in [0.25, 0.3) is 11.1 Å². The van der Waals surface area contributed by atoms with Gasteiger partial charge in [0.25, 0.3) is 0 Å². The maximum absolute atomic E-state index is 4.22. The van der Waals surface area contributed by atoms with E-state index in [1.807, 2.05) is 18.5 Å². The molecule has 0 aliphatic heterocycles. The number of hydrogen-bond acceptors (Lipinski definition) is 2. The van der Waals surface area contributed by atoms with Gasteiger partial charge >= 0.3 is 0 Å². The first-order chi connectivity index (χ1) is 13.6. The van der Waals surface area contributed by atoms with Crippen LogP contribution in [-0.2, 0) is 5.41 Å². The summed E-state index contributed by atoms with van der Waals surface area (Å²) in [6, 6.07) is 11.4. The largest absolute Gasteiger partial charge is 0.379 e. The van der Waals surface area contributed by atoms with E-state index in [1.165, 1.54) is 39.9 Å². The van der Waals surface area contributed by atoms with Crippen LogP contribution in [0.2, 0.25) is 0 Å². The highest BCUT2D eigenvalue weighted by molar-refractivity contribution is 5.84. The summed E-state index contributed by atoms with van der Waals surface area (Å²) in [4.78, 5) is 4.22. The third-order valence-corrected chi connectivity index (χ3v) is 6.31. The summed E-state index contributed by atoms with van der Waals surface area (Å²) in [6.45, 7) is 4.72. The highest BCUT2D eigenvalue weighted by atomic mass is 14.9. The maximum atomic E-state index is 4.22. The Morgan fingerprint density at radius 2 is 2.07 bits per heavy atom. The van der Waals surface area contributed by atoms with Gasteiger partial charge in [0.2, 0.25) is 0 Å². The van der Waals surface area contributed by atoms with Gasteiger partial charge in [0, 0.05) is 29.5 Å².